The standard InChI is InChI=1S/C12H22O2/c1-3-5-6-7-8-11-9-10(4-2)12(13)14-11/h10-11H,3-9H2,1-2H3. The molecule has 1 heterocycles. The van der Waals surface area contributed by atoms with Crippen LogP contribution in [0, 0.1) is 5.92 Å². The van der Waals surface area contributed by atoms with E-state index in [1.165, 1.54) is 25.7 Å². The van der Waals surface area contributed by atoms with Crippen LogP contribution < -0.4 is 0 Å². The highest BCUT2D eigenvalue weighted by Crippen LogP contribution is 2.27. The SMILES string of the molecule is CCCCCCC1CC(CC)C(=O)O1. The van der Waals surface area contributed by atoms with E-state index in [0.29, 0.717) is 0 Å². The Morgan fingerprint density at radius 1 is 1.29 bits per heavy atom. The second-order valence-electron chi connectivity index (χ2n) is 4.25. The molecule has 1 aliphatic heterocycles. The van der Waals surface area contributed by atoms with Crippen molar-refractivity contribution in [2.75, 3.05) is 0 Å². The number of unbranched alkanes of at least 4 members (excludes halogenated alkanes) is 3. The second-order valence-corrected chi connectivity index (χ2v) is 4.25. The number of hydrogen-bond donors (Lipinski definition) is 0. The van der Waals surface area contributed by atoms with Gasteiger partial charge in [0.15, 0.2) is 0 Å². The number of carbonyl (C=O) groups excluding carboxylic acids is 1. The van der Waals surface area contributed by atoms with Gasteiger partial charge in [0.05, 0.1) is 5.92 Å². The Morgan fingerprint density at radius 3 is 2.64 bits per heavy atom. The van der Waals surface area contributed by atoms with Crippen molar-refractivity contribution < 1.29 is 9.53 Å². The molecule has 2 nitrogen and oxygen atoms in total. The van der Waals surface area contributed by atoms with Crippen LogP contribution in [-0.2, 0) is 9.53 Å². The molecule has 1 fully saturated rings. The Kier molecular flexibility index (Phi) is 4.99. The van der Waals surface area contributed by atoms with Gasteiger partial charge in [0, 0.05) is 0 Å². The Labute approximate surface area is 87.0 Å². The lowest BCUT2D eigenvalue weighted by molar-refractivity contribution is -0.144. The zero-order valence-corrected chi connectivity index (χ0v) is 9.42. The highest BCUT2D eigenvalue weighted by Gasteiger charge is 2.32. The first-order valence-corrected chi connectivity index (χ1v) is 5.98. The Bertz CT molecular complexity index is 177. The minimum Gasteiger partial charge on any atom is -0.462 e. The number of hydrogen-bond acceptors (Lipinski definition) is 2. The smallest absolute Gasteiger partial charge is 0.309 e. The van der Waals surface area contributed by atoms with E-state index in [1.54, 1.807) is 0 Å². The fraction of sp³-hybridized carbons (Fsp3) is 0.917. The summed E-state index contributed by atoms with van der Waals surface area (Å²) in [6, 6.07) is 0. The average Bonchev–Trinajstić information content (AvgIpc) is 2.54. The first-order chi connectivity index (χ1) is 6.77. The summed E-state index contributed by atoms with van der Waals surface area (Å²) >= 11 is 0. The monoisotopic (exact) mass is 198 g/mol. The molecule has 0 saturated carbocycles. The van der Waals surface area contributed by atoms with Gasteiger partial charge in [-0.25, -0.2) is 0 Å². The van der Waals surface area contributed by atoms with Crippen LogP contribution in [0.3, 0.4) is 0 Å². The summed E-state index contributed by atoms with van der Waals surface area (Å²) in [6.07, 6.45) is 8.25. The van der Waals surface area contributed by atoms with Crippen molar-refractivity contribution in [2.45, 2.75) is 64.9 Å². The summed E-state index contributed by atoms with van der Waals surface area (Å²) < 4.78 is 5.31. The molecular weight excluding hydrogens is 176 g/mol. The van der Waals surface area contributed by atoms with Gasteiger partial charge in [-0.05, 0) is 25.7 Å². The molecule has 0 N–H and O–H groups in total. The molecule has 1 saturated heterocycles. The summed E-state index contributed by atoms with van der Waals surface area (Å²) in [6.45, 7) is 4.27. The molecule has 0 aliphatic carbocycles. The maximum Gasteiger partial charge on any atom is 0.309 e. The lowest BCUT2D eigenvalue weighted by Gasteiger charge is -2.07. The summed E-state index contributed by atoms with van der Waals surface area (Å²) in [5.41, 5.74) is 0. The predicted octanol–water partition coefficient (Wildman–Crippen LogP) is 3.30. The van der Waals surface area contributed by atoms with Crippen LogP contribution in [0.1, 0.15) is 58.8 Å². The molecule has 1 aliphatic rings. The van der Waals surface area contributed by atoms with Gasteiger partial charge in [-0.2, -0.15) is 0 Å². The molecular formula is C12H22O2. The molecule has 0 aromatic heterocycles. The summed E-state index contributed by atoms with van der Waals surface area (Å²) in [4.78, 5) is 11.3. The van der Waals surface area contributed by atoms with Crippen molar-refractivity contribution in [1.82, 2.24) is 0 Å². The summed E-state index contributed by atoms with van der Waals surface area (Å²) in [5, 5.41) is 0. The van der Waals surface area contributed by atoms with Crippen LogP contribution in [0.2, 0.25) is 0 Å². The minimum atomic E-state index is 0.0352. The first kappa shape index (κ1) is 11.5. The highest BCUT2D eigenvalue weighted by molar-refractivity contribution is 5.74. The zero-order valence-electron chi connectivity index (χ0n) is 9.42. The van der Waals surface area contributed by atoms with Crippen LogP contribution in [-0.4, -0.2) is 12.1 Å². The normalized spacial score (nSPS) is 26.6. The Balaban J connectivity index is 2.12. The molecule has 0 aromatic rings. The Hall–Kier alpha value is -0.530. The van der Waals surface area contributed by atoms with Gasteiger partial charge in [-0.15, -0.1) is 0 Å². The van der Waals surface area contributed by atoms with Crippen molar-refractivity contribution in [3.63, 3.8) is 0 Å². The van der Waals surface area contributed by atoms with Crippen LogP contribution in [0.4, 0.5) is 0 Å². The molecule has 0 amide bonds. The van der Waals surface area contributed by atoms with Gasteiger partial charge < -0.3 is 4.74 Å². The van der Waals surface area contributed by atoms with E-state index in [1.807, 2.05) is 0 Å². The number of ether oxygens (including phenoxy) is 1. The molecule has 0 aromatic carbocycles. The largest absolute Gasteiger partial charge is 0.462 e. The molecule has 0 radical (unpaired) electrons. The van der Waals surface area contributed by atoms with E-state index in [9.17, 15) is 4.79 Å². The summed E-state index contributed by atoms with van der Waals surface area (Å²) in [7, 11) is 0. The number of carbonyl (C=O) groups is 1. The number of cyclic esters (lactones) is 1. The van der Waals surface area contributed by atoms with Crippen LogP contribution in [0.5, 0.6) is 0 Å². The van der Waals surface area contributed by atoms with Crippen LogP contribution in [0.25, 0.3) is 0 Å². The fourth-order valence-electron chi connectivity index (χ4n) is 2.03. The van der Waals surface area contributed by atoms with Crippen molar-refractivity contribution >= 4 is 5.97 Å². The van der Waals surface area contributed by atoms with Crippen LogP contribution >= 0.6 is 0 Å². The molecule has 82 valence electrons. The first-order valence-electron chi connectivity index (χ1n) is 5.98. The molecule has 14 heavy (non-hydrogen) atoms. The molecule has 2 heteroatoms. The van der Waals surface area contributed by atoms with Crippen molar-refractivity contribution in [2.24, 2.45) is 5.92 Å². The molecule has 2 atom stereocenters. The molecule has 2 unspecified atom stereocenters. The Morgan fingerprint density at radius 2 is 2.07 bits per heavy atom. The van der Waals surface area contributed by atoms with E-state index in [-0.39, 0.29) is 18.0 Å². The fourth-order valence-corrected chi connectivity index (χ4v) is 2.03. The van der Waals surface area contributed by atoms with Gasteiger partial charge in [0.1, 0.15) is 6.10 Å². The average molecular weight is 198 g/mol. The van der Waals surface area contributed by atoms with Gasteiger partial charge in [0.2, 0.25) is 0 Å². The van der Waals surface area contributed by atoms with Crippen molar-refractivity contribution in [1.29, 1.82) is 0 Å². The molecule has 1 rings (SSSR count). The van der Waals surface area contributed by atoms with Gasteiger partial charge in [-0.1, -0.05) is 33.1 Å². The highest BCUT2D eigenvalue weighted by atomic mass is 16.5. The third kappa shape index (κ3) is 3.32. The van der Waals surface area contributed by atoms with E-state index < -0.39 is 0 Å². The third-order valence-corrected chi connectivity index (χ3v) is 3.04. The van der Waals surface area contributed by atoms with E-state index in [2.05, 4.69) is 13.8 Å². The topological polar surface area (TPSA) is 26.3 Å². The molecule has 0 bridgehead atoms. The van der Waals surface area contributed by atoms with Crippen molar-refractivity contribution in [3.8, 4) is 0 Å². The van der Waals surface area contributed by atoms with Crippen LogP contribution in [0.15, 0.2) is 0 Å². The maximum absolute atomic E-state index is 11.3. The molecule has 0 spiro atoms. The quantitative estimate of drug-likeness (QED) is 0.483. The number of esters is 1. The lowest BCUT2D eigenvalue weighted by atomic mass is 9.99. The number of rotatable bonds is 6. The third-order valence-electron chi connectivity index (χ3n) is 3.04. The predicted molar refractivity (Wildman–Crippen MR) is 57.0 cm³/mol. The van der Waals surface area contributed by atoms with Gasteiger partial charge in [-0.3, -0.25) is 4.79 Å². The lowest BCUT2D eigenvalue weighted by Crippen LogP contribution is -2.06. The van der Waals surface area contributed by atoms with Gasteiger partial charge >= 0.3 is 5.97 Å². The summed E-state index contributed by atoms with van der Waals surface area (Å²) in [5.74, 6) is 0.221. The minimum absolute atomic E-state index is 0.0352. The second kappa shape index (κ2) is 6.05. The van der Waals surface area contributed by atoms with E-state index >= 15 is 0 Å². The van der Waals surface area contributed by atoms with E-state index in [0.717, 1.165) is 19.3 Å². The zero-order chi connectivity index (χ0) is 10.4. The maximum atomic E-state index is 11.3. The van der Waals surface area contributed by atoms with Crippen molar-refractivity contribution in [3.05, 3.63) is 0 Å². The van der Waals surface area contributed by atoms with Gasteiger partial charge in [0.25, 0.3) is 0 Å². The van der Waals surface area contributed by atoms with E-state index in [4.69, 9.17) is 4.74 Å².